The van der Waals surface area contributed by atoms with E-state index in [1.54, 1.807) is 17.9 Å². The molecule has 1 atom stereocenters. The second kappa shape index (κ2) is 5.71. The minimum Gasteiger partial charge on any atom is -0.394 e. The number of aromatic nitrogens is 4. The molecule has 0 fully saturated rings. The van der Waals surface area contributed by atoms with Crippen molar-refractivity contribution in [2.24, 2.45) is 0 Å². The number of rotatable bonds is 6. The average molecular weight is 253 g/mol. The van der Waals surface area contributed by atoms with Crippen LogP contribution in [0.5, 0.6) is 0 Å². The Balaban J connectivity index is 2.10. The Labute approximate surface area is 103 Å². The van der Waals surface area contributed by atoms with Gasteiger partial charge in [0, 0.05) is 7.05 Å². The Hall–Kier alpha value is -1.77. The van der Waals surface area contributed by atoms with Crippen molar-refractivity contribution in [2.45, 2.75) is 12.8 Å². The lowest BCUT2D eigenvalue weighted by atomic mass is 10.4. The molecule has 0 saturated heterocycles. The largest absolute Gasteiger partial charge is 0.394 e. The van der Waals surface area contributed by atoms with E-state index < -0.39 is 6.10 Å². The summed E-state index contributed by atoms with van der Waals surface area (Å²) in [5, 5.41) is 25.7. The van der Waals surface area contributed by atoms with Gasteiger partial charge >= 0.3 is 0 Å². The molecule has 0 amide bonds. The fraction of sp³-hybridized carbons (Fsp3) is 0.500. The molecule has 0 bridgehead atoms. The van der Waals surface area contributed by atoms with Gasteiger partial charge < -0.3 is 20.3 Å². The second-order valence-corrected chi connectivity index (χ2v) is 3.69. The van der Waals surface area contributed by atoms with E-state index in [1.165, 1.54) is 6.33 Å². The monoisotopic (exact) mass is 253 g/mol. The zero-order chi connectivity index (χ0) is 13.0. The van der Waals surface area contributed by atoms with Crippen molar-refractivity contribution in [2.75, 3.05) is 25.6 Å². The van der Waals surface area contributed by atoms with Gasteiger partial charge in [-0.25, -0.2) is 14.6 Å². The minimum absolute atomic E-state index is 0.0435. The maximum atomic E-state index is 9.14. The van der Waals surface area contributed by atoms with Crippen molar-refractivity contribution >= 4 is 16.9 Å². The summed E-state index contributed by atoms with van der Waals surface area (Å²) in [5.41, 5.74) is 0.646. The zero-order valence-corrected chi connectivity index (χ0v) is 9.94. The smallest absolute Gasteiger partial charge is 0.165 e. The van der Waals surface area contributed by atoms with Gasteiger partial charge in [0.2, 0.25) is 0 Å². The minimum atomic E-state index is -0.880. The Bertz CT molecular complexity index is 515. The molecule has 18 heavy (non-hydrogen) atoms. The second-order valence-electron chi connectivity index (χ2n) is 3.69. The van der Waals surface area contributed by atoms with Crippen LogP contribution < -0.4 is 5.32 Å². The quantitative estimate of drug-likeness (QED) is 0.618. The van der Waals surface area contributed by atoms with E-state index in [-0.39, 0.29) is 19.9 Å². The number of aliphatic hydroxyl groups excluding tert-OH is 2. The molecule has 0 aliphatic rings. The van der Waals surface area contributed by atoms with Crippen molar-refractivity contribution in [1.82, 2.24) is 19.7 Å². The van der Waals surface area contributed by atoms with E-state index in [0.29, 0.717) is 11.5 Å². The van der Waals surface area contributed by atoms with Crippen LogP contribution in [0.15, 0.2) is 12.5 Å². The topological polar surface area (TPSA) is 105 Å². The fourth-order valence-corrected chi connectivity index (χ4v) is 1.51. The molecular formula is C10H15N5O3. The zero-order valence-electron chi connectivity index (χ0n) is 9.94. The van der Waals surface area contributed by atoms with E-state index >= 15 is 0 Å². The van der Waals surface area contributed by atoms with Crippen LogP contribution in [0.2, 0.25) is 0 Å². The summed E-state index contributed by atoms with van der Waals surface area (Å²) in [7, 11) is 1.77. The lowest BCUT2D eigenvalue weighted by molar-refractivity contribution is -0.0194. The van der Waals surface area contributed by atoms with Crippen LogP contribution in [0.3, 0.4) is 0 Å². The number of nitrogens with one attached hydrogen (secondary N) is 1. The summed E-state index contributed by atoms with van der Waals surface area (Å²) in [4.78, 5) is 8.20. The first-order chi connectivity index (χ1) is 8.76. The molecule has 98 valence electrons. The molecule has 0 aliphatic heterocycles. The Morgan fingerprint density at radius 3 is 3.06 bits per heavy atom. The van der Waals surface area contributed by atoms with Gasteiger partial charge in [0.15, 0.2) is 5.65 Å². The molecule has 0 aliphatic carbocycles. The molecule has 2 rings (SSSR count). The number of nitrogens with zero attached hydrogens (tertiary/aromatic N) is 4. The highest BCUT2D eigenvalue weighted by Gasteiger charge is 2.09. The van der Waals surface area contributed by atoms with E-state index in [0.717, 1.165) is 5.39 Å². The third kappa shape index (κ3) is 2.55. The number of ether oxygens (including phenoxy) is 1. The number of hydrogen-bond acceptors (Lipinski definition) is 7. The Morgan fingerprint density at radius 1 is 1.50 bits per heavy atom. The van der Waals surface area contributed by atoms with Gasteiger partial charge in [0.25, 0.3) is 0 Å². The summed E-state index contributed by atoms with van der Waals surface area (Å²) >= 11 is 0. The van der Waals surface area contributed by atoms with Crippen LogP contribution in [0.1, 0.15) is 0 Å². The van der Waals surface area contributed by atoms with Gasteiger partial charge in [0.1, 0.15) is 25.0 Å². The number of hydrogen-bond donors (Lipinski definition) is 3. The van der Waals surface area contributed by atoms with Crippen LogP contribution in [-0.2, 0) is 11.5 Å². The van der Waals surface area contributed by atoms with Crippen LogP contribution in [-0.4, -0.2) is 56.3 Å². The van der Waals surface area contributed by atoms with Gasteiger partial charge in [0.05, 0.1) is 24.8 Å². The van der Waals surface area contributed by atoms with Gasteiger partial charge in [-0.15, -0.1) is 0 Å². The van der Waals surface area contributed by atoms with Crippen LogP contribution in [0.25, 0.3) is 11.0 Å². The number of aliphatic hydroxyl groups is 2. The maximum absolute atomic E-state index is 9.14. The normalized spacial score (nSPS) is 12.8. The van der Waals surface area contributed by atoms with E-state index in [4.69, 9.17) is 14.9 Å². The van der Waals surface area contributed by atoms with Crippen molar-refractivity contribution in [3.63, 3.8) is 0 Å². The molecule has 2 heterocycles. The molecule has 8 nitrogen and oxygen atoms in total. The molecule has 0 saturated carbocycles. The molecule has 0 radical (unpaired) electrons. The standard InChI is InChI=1S/C10H15N5O3/c1-11-9-8-2-14-15(10(8)13-5-12-9)6-18-4-7(17)3-16/h2,5,7,16-17H,3-4,6H2,1H3,(H,11,12,13)/t7-/m0/s1. The number of anilines is 1. The lowest BCUT2D eigenvalue weighted by Gasteiger charge is -2.08. The number of fused-ring (bicyclic) bond motifs is 1. The first-order valence-electron chi connectivity index (χ1n) is 5.47. The third-order valence-corrected chi connectivity index (χ3v) is 2.40. The van der Waals surface area contributed by atoms with E-state index in [2.05, 4.69) is 20.4 Å². The summed E-state index contributed by atoms with van der Waals surface area (Å²) in [6.07, 6.45) is 2.20. The molecule has 0 unspecified atom stereocenters. The van der Waals surface area contributed by atoms with Gasteiger partial charge in [-0.1, -0.05) is 0 Å². The molecule has 0 spiro atoms. The summed E-state index contributed by atoms with van der Waals surface area (Å²) in [5.74, 6) is 0.696. The van der Waals surface area contributed by atoms with Gasteiger partial charge in [-0.2, -0.15) is 5.10 Å². The van der Waals surface area contributed by atoms with Crippen molar-refractivity contribution in [3.8, 4) is 0 Å². The van der Waals surface area contributed by atoms with Crippen molar-refractivity contribution < 1.29 is 14.9 Å². The molecular weight excluding hydrogens is 238 g/mol. The predicted molar refractivity (Wildman–Crippen MR) is 63.9 cm³/mol. The van der Waals surface area contributed by atoms with Crippen LogP contribution >= 0.6 is 0 Å². The first-order valence-corrected chi connectivity index (χ1v) is 5.47. The highest BCUT2D eigenvalue weighted by molar-refractivity contribution is 5.85. The average Bonchev–Trinajstić information content (AvgIpc) is 2.82. The highest BCUT2D eigenvalue weighted by atomic mass is 16.5. The van der Waals surface area contributed by atoms with Crippen LogP contribution in [0, 0.1) is 0 Å². The maximum Gasteiger partial charge on any atom is 0.165 e. The van der Waals surface area contributed by atoms with Crippen molar-refractivity contribution in [1.29, 1.82) is 0 Å². The molecule has 3 N–H and O–H groups in total. The lowest BCUT2D eigenvalue weighted by Crippen LogP contribution is -2.20. The summed E-state index contributed by atoms with van der Waals surface area (Å²) in [6, 6.07) is 0. The Kier molecular flexibility index (Phi) is 4.03. The van der Waals surface area contributed by atoms with Crippen LogP contribution in [0.4, 0.5) is 5.82 Å². The summed E-state index contributed by atoms with van der Waals surface area (Å²) < 4.78 is 6.78. The predicted octanol–water partition coefficient (Wildman–Crippen LogP) is -0.805. The molecule has 2 aromatic heterocycles. The van der Waals surface area contributed by atoms with Gasteiger partial charge in [-0.05, 0) is 0 Å². The van der Waals surface area contributed by atoms with E-state index in [9.17, 15) is 0 Å². The van der Waals surface area contributed by atoms with E-state index in [1.807, 2.05) is 0 Å². The molecule has 0 aromatic carbocycles. The first kappa shape index (κ1) is 12.7. The summed E-state index contributed by atoms with van der Waals surface area (Å²) in [6.45, 7) is -0.130. The molecule has 2 aromatic rings. The SMILES string of the molecule is CNc1ncnc2c1cnn2COC[C@@H](O)CO. The fourth-order valence-electron chi connectivity index (χ4n) is 1.51. The third-order valence-electron chi connectivity index (χ3n) is 2.40. The Morgan fingerprint density at radius 2 is 2.33 bits per heavy atom. The highest BCUT2D eigenvalue weighted by Crippen LogP contribution is 2.17. The van der Waals surface area contributed by atoms with Gasteiger partial charge in [-0.3, -0.25) is 0 Å². The van der Waals surface area contributed by atoms with Crippen molar-refractivity contribution in [3.05, 3.63) is 12.5 Å². The molecule has 8 heteroatoms.